The van der Waals surface area contributed by atoms with E-state index >= 15 is 0 Å². The molecule has 2 aromatic rings. The summed E-state index contributed by atoms with van der Waals surface area (Å²) in [5.41, 5.74) is 5.04. The van der Waals surface area contributed by atoms with E-state index in [1.54, 1.807) is 4.57 Å². The average Bonchev–Trinajstić information content (AvgIpc) is 2.66. The first kappa shape index (κ1) is 16.3. The molecule has 0 aliphatic heterocycles. The third-order valence-electron chi connectivity index (χ3n) is 5.86. The Morgan fingerprint density at radius 3 is 2.84 bits per heavy atom. The highest BCUT2D eigenvalue weighted by molar-refractivity contribution is 5.86. The number of rotatable bonds is 3. The molecule has 25 heavy (non-hydrogen) atoms. The molecule has 132 valence electrons. The summed E-state index contributed by atoms with van der Waals surface area (Å²) in [7, 11) is 0. The van der Waals surface area contributed by atoms with Crippen LogP contribution in [0.1, 0.15) is 51.9 Å². The molecule has 0 saturated heterocycles. The smallest absolute Gasteiger partial charge is 0.262 e. The molecule has 2 saturated carbocycles. The van der Waals surface area contributed by atoms with Crippen LogP contribution >= 0.6 is 0 Å². The molecule has 2 aliphatic rings. The summed E-state index contributed by atoms with van der Waals surface area (Å²) in [5.74, 6) is 2.26. The molecule has 1 aromatic carbocycles. The van der Waals surface area contributed by atoms with E-state index < -0.39 is 0 Å². The quantitative estimate of drug-likeness (QED) is 0.854. The average molecular weight is 338 g/mol. The van der Waals surface area contributed by atoms with Gasteiger partial charge in [-0.3, -0.25) is 9.36 Å². The van der Waals surface area contributed by atoms with Crippen LogP contribution in [0.5, 0.6) is 0 Å². The lowest BCUT2D eigenvalue weighted by atomic mass is 9.70. The molecule has 1 heterocycles. The van der Waals surface area contributed by atoms with Crippen LogP contribution in [0.15, 0.2) is 34.2 Å². The minimum atomic E-state index is -0.00760. The van der Waals surface area contributed by atoms with Gasteiger partial charge < -0.3 is 0 Å². The van der Waals surface area contributed by atoms with Gasteiger partial charge in [0.05, 0.1) is 10.9 Å². The van der Waals surface area contributed by atoms with Crippen molar-refractivity contribution in [3.8, 4) is 0 Å². The van der Waals surface area contributed by atoms with Gasteiger partial charge in [0.15, 0.2) is 0 Å². The Morgan fingerprint density at radius 2 is 2.00 bits per heavy atom. The summed E-state index contributed by atoms with van der Waals surface area (Å²) in [6.07, 6.45) is 8.93. The van der Waals surface area contributed by atoms with Gasteiger partial charge in [0, 0.05) is 12.3 Å². The first-order valence-electron chi connectivity index (χ1n) is 9.57. The second kappa shape index (κ2) is 6.98. The van der Waals surface area contributed by atoms with Gasteiger partial charge in [0.1, 0.15) is 0 Å². The van der Waals surface area contributed by atoms with Crippen molar-refractivity contribution in [3.05, 3.63) is 34.6 Å². The Labute approximate surface area is 148 Å². The molecule has 2 aliphatic carbocycles. The highest BCUT2D eigenvalue weighted by atomic mass is 16.1. The van der Waals surface area contributed by atoms with Gasteiger partial charge in [-0.15, -0.1) is 0 Å². The lowest BCUT2D eigenvalue weighted by Crippen LogP contribution is -2.28. The van der Waals surface area contributed by atoms with Crippen LogP contribution in [-0.2, 0) is 6.54 Å². The van der Waals surface area contributed by atoms with Crippen LogP contribution < -0.4 is 11.0 Å². The second-order valence-electron chi connectivity index (χ2n) is 7.34. The predicted octanol–water partition coefficient (Wildman–Crippen LogP) is 4.17. The fraction of sp³-hybridized carbons (Fsp3) is 0.550. The number of nitrogens with one attached hydrogen (secondary N) is 1. The van der Waals surface area contributed by atoms with Crippen molar-refractivity contribution in [1.82, 2.24) is 9.55 Å². The van der Waals surface area contributed by atoms with E-state index in [0.717, 1.165) is 30.2 Å². The SMILES string of the molecule is CCn1c(N/N=C2/CC[C@@H]3CCCC[C@H]3C2)nc2ccccc2c1=O. The number of hydrogen-bond acceptors (Lipinski definition) is 4. The highest BCUT2D eigenvalue weighted by Gasteiger charge is 2.30. The van der Waals surface area contributed by atoms with Crippen LogP contribution in [0, 0.1) is 11.8 Å². The third kappa shape index (κ3) is 3.20. The Morgan fingerprint density at radius 1 is 1.20 bits per heavy atom. The Balaban J connectivity index is 1.59. The minimum absolute atomic E-state index is 0.00760. The molecule has 0 unspecified atom stereocenters. The number of anilines is 1. The first-order valence-corrected chi connectivity index (χ1v) is 9.57. The largest absolute Gasteiger partial charge is 0.277 e. The van der Waals surface area contributed by atoms with Crippen LogP contribution in [0.4, 0.5) is 5.95 Å². The van der Waals surface area contributed by atoms with Crippen molar-refractivity contribution in [2.24, 2.45) is 16.9 Å². The van der Waals surface area contributed by atoms with Crippen LogP contribution in [0.25, 0.3) is 10.9 Å². The molecule has 0 radical (unpaired) electrons. The van der Waals surface area contributed by atoms with Crippen molar-refractivity contribution >= 4 is 22.6 Å². The van der Waals surface area contributed by atoms with Crippen LogP contribution in [-0.4, -0.2) is 15.3 Å². The number of benzene rings is 1. The molecule has 0 spiro atoms. The van der Waals surface area contributed by atoms with Gasteiger partial charge in [0.25, 0.3) is 5.56 Å². The van der Waals surface area contributed by atoms with E-state index in [0.29, 0.717) is 17.9 Å². The zero-order chi connectivity index (χ0) is 17.2. The molecule has 2 fully saturated rings. The fourth-order valence-corrected chi connectivity index (χ4v) is 4.47. The van der Waals surface area contributed by atoms with Gasteiger partial charge >= 0.3 is 0 Å². The first-order chi connectivity index (χ1) is 12.3. The molecule has 2 atom stereocenters. The summed E-state index contributed by atoms with van der Waals surface area (Å²) in [6.45, 7) is 2.54. The molecule has 1 aromatic heterocycles. The molecule has 5 nitrogen and oxygen atoms in total. The van der Waals surface area contributed by atoms with E-state index in [1.807, 2.05) is 31.2 Å². The molecule has 5 heteroatoms. The monoisotopic (exact) mass is 338 g/mol. The molecule has 0 amide bonds. The molecular weight excluding hydrogens is 312 g/mol. The normalized spacial score (nSPS) is 25.1. The van der Waals surface area contributed by atoms with E-state index in [4.69, 9.17) is 0 Å². The van der Waals surface area contributed by atoms with Crippen molar-refractivity contribution in [1.29, 1.82) is 0 Å². The summed E-state index contributed by atoms with van der Waals surface area (Å²) in [4.78, 5) is 17.3. The van der Waals surface area contributed by atoms with Crippen molar-refractivity contribution < 1.29 is 0 Å². The Hall–Kier alpha value is -2.17. The molecule has 4 rings (SSSR count). The number of hydrazone groups is 1. The van der Waals surface area contributed by atoms with Crippen molar-refractivity contribution in [2.75, 3.05) is 5.43 Å². The van der Waals surface area contributed by atoms with Crippen LogP contribution in [0.3, 0.4) is 0 Å². The van der Waals surface area contributed by atoms with Crippen LogP contribution in [0.2, 0.25) is 0 Å². The van der Waals surface area contributed by atoms with E-state index in [9.17, 15) is 4.79 Å². The van der Waals surface area contributed by atoms with Crippen molar-refractivity contribution in [3.63, 3.8) is 0 Å². The lowest BCUT2D eigenvalue weighted by Gasteiger charge is -2.35. The van der Waals surface area contributed by atoms with Gasteiger partial charge in [-0.2, -0.15) is 5.10 Å². The maximum absolute atomic E-state index is 12.7. The number of nitrogens with zero attached hydrogens (tertiary/aromatic N) is 3. The van der Waals surface area contributed by atoms with Gasteiger partial charge in [0.2, 0.25) is 5.95 Å². The number of hydrogen-bond donors (Lipinski definition) is 1. The van der Waals surface area contributed by atoms with Crippen molar-refractivity contribution in [2.45, 2.75) is 58.4 Å². The summed E-state index contributed by atoms with van der Waals surface area (Å²) in [5, 5.41) is 5.30. The fourth-order valence-electron chi connectivity index (χ4n) is 4.47. The lowest BCUT2D eigenvalue weighted by molar-refractivity contribution is 0.218. The summed E-state index contributed by atoms with van der Waals surface area (Å²) in [6, 6.07) is 7.49. The Bertz CT molecular complexity index is 854. The number of fused-ring (bicyclic) bond motifs is 2. The second-order valence-corrected chi connectivity index (χ2v) is 7.34. The molecular formula is C20H26N4O. The highest BCUT2D eigenvalue weighted by Crippen LogP contribution is 2.39. The summed E-state index contributed by atoms with van der Waals surface area (Å²) < 4.78 is 1.67. The van der Waals surface area contributed by atoms with E-state index in [2.05, 4.69) is 15.5 Å². The minimum Gasteiger partial charge on any atom is -0.277 e. The maximum atomic E-state index is 12.7. The predicted molar refractivity (Wildman–Crippen MR) is 102 cm³/mol. The van der Waals surface area contributed by atoms with Gasteiger partial charge in [-0.25, -0.2) is 10.4 Å². The van der Waals surface area contributed by atoms with E-state index in [1.165, 1.54) is 37.8 Å². The van der Waals surface area contributed by atoms with E-state index in [-0.39, 0.29) is 5.56 Å². The standard InChI is InChI=1S/C20H26N4O/c1-2-24-19(25)17-9-5-6-10-18(17)21-20(24)23-22-16-12-11-14-7-3-4-8-15(14)13-16/h5-6,9-10,14-15H,2-4,7-8,11-13H2,1H3,(H,21,23)/b22-16-/t14-,15-/m0/s1. The zero-order valence-corrected chi connectivity index (χ0v) is 14.9. The molecule has 1 N–H and O–H groups in total. The maximum Gasteiger partial charge on any atom is 0.262 e. The third-order valence-corrected chi connectivity index (χ3v) is 5.86. The Kier molecular flexibility index (Phi) is 4.55. The topological polar surface area (TPSA) is 59.3 Å². The zero-order valence-electron chi connectivity index (χ0n) is 14.9. The van der Waals surface area contributed by atoms with Gasteiger partial charge in [-0.1, -0.05) is 31.4 Å². The summed E-state index contributed by atoms with van der Waals surface area (Å²) >= 11 is 0. The van der Waals surface area contributed by atoms with Gasteiger partial charge in [-0.05, 0) is 56.6 Å². The number of para-hydroxylation sites is 1. The number of aromatic nitrogens is 2. The molecule has 0 bridgehead atoms.